The summed E-state index contributed by atoms with van der Waals surface area (Å²) in [7, 11) is -2.35. The minimum Gasteiger partial charge on any atom is -0.497 e. The Balaban J connectivity index is 1.68. The first-order chi connectivity index (χ1) is 13.4. The fraction of sp³-hybridized carbons (Fsp3) is 0.316. The first-order valence-electron chi connectivity index (χ1n) is 8.82. The number of nitrogens with zero attached hydrogens (tertiary/aromatic N) is 2. The van der Waals surface area contributed by atoms with Crippen molar-refractivity contribution in [2.45, 2.75) is 13.0 Å². The summed E-state index contributed by atoms with van der Waals surface area (Å²) >= 11 is 0. The van der Waals surface area contributed by atoms with Gasteiger partial charge in [0.25, 0.3) is 10.2 Å². The minimum atomic E-state index is -3.86. The molecule has 0 aliphatic carbocycles. The summed E-state index contributed by atoms with van der Waals surface area (Å²) in [6.45, 7) is 0.141. The molecule has 1 aliphatic rings. The molecule has 0 aromatic heterocycles. The molecule has 0 unspecified atom stereocenters. The molecule has 7 nitrogen and oxygen atoms in total. The molecule has 0 spiro atoms. The highest BCUT2D eigenvalue weighted by atomic mass is 32.2. The van der Waals surface area contributed by atoms with Crippen LogP contribution in [0.25, 0.3) is 0 Å². The Morgan fingerprint density at radius 1 is 1.14 bits per heavy atom. The van der Waals surface area contributed by atoms with Gasteiger partial charge < -0.3 is 10.1 Å². The maximum Gasteiger partial charge on any atom is 0.282 e. The lowest BCUT2D eigenvalue weighted by atomic mass is 10.2. The van der Waals surface area contributed by atoms with Gasteiger partial charge in [0.05, 0.1) is 13.7 Å². The average molecular weight is 407 g/mol. The Hall–Kier alpha value is -2.49. The van der Waals surface area contributed by atoms with E-state index in [0.29, 0.717) is 23.4 Å². The summed E-state index contributed by atoms with van der Waals surface area (Å²) in [5.41, 5.74) is 0.815. The van der Waals surface area contributed by atoms with Gasteiger partial charge >= 0.3 is 0 Å². The average Bonchev–Trinajstić information content (AvgIpc) is 2.67. The number of anilines is 1. The fourth-order valence-corrected chi connectivity index (χ4v) is 4.65. The third-order valence-electron chi connectivity index (χ3n) is 4.45. The van der Waals surface area contributed by atoms with Crippen molar-refractivity contribution < 1.29 is 22.3 Å². The van der Waals surface area contributed by atoms with Crippen LogP contribution in [0.4, 0.5) is 10.1 Å². The second kappa shape index (κ2) is 8.68. The highest BCUT2D eigenvalue weighted by Crippen LogP contribution is 2.21. The van der Waals surface area contributed by atoms with Crippen LogP contribution in [0, 0.1) is 5.82 Å². The molecule has 28 heavy (non-hydrogen) atoms. The standard InChI is InChI=1S/C19H22FN3O4S/c1-27-17-8-4-7-16(12-17)21-19(24)14-23-11-5-10-22(28(23,25)26)13-15-6-2-3-9-18(15)20/h2-4,6-9,12H,5,10-11,13-14H2,1H3,(H,21,24). The third kappa shape index (κ3) is 4.67. The molecule has 0 saturated carbocycles. The number of ether oxygens (including phenoxy) is 1. The van der Waals surface area contributed by atoms with Crippen molar-refractivity contribution in [2.75, 3.05) is 32.1 Å². The maximum absolute atomic E-state index is 13.9. The molecule has 0 bridgehead atoms. The van der Waals surface area contributed by atoms with E-state index in [1.165, 1.54) is 17.5 Å². The highest BCUT2D eigenvalue weighted by Gasteiger charge is 2.35. The fourth-order valence-electron chi connectivity index (χ4n) is 3.02. The predicted octanol–water partition coefficient (Wildman–Crippen LogP) is 2.23. The topological polar surface area (TPSA) is 79.0 Å². The van der Waals surface area contributed by atoms with Crippen molar-refractivity contribution in [1.29, 1.82) is 0 Å². The Labute approximate surface area is 163 Å². The number of rotatable bonds is 6. The number of nitrogens with one attached hydrogen (secondary N) is 1. The first-order valence-corrected chi connectivity index (χ1v) is 10.2. The zero-order valence-electron chi connectivity index (χ0n) is 15.5. The third-order valence-corrected chi connectivity index (χ3v) is 6.37. The number of methoxy groups -OCH3 is 1. The monoisotopic (exact) mass is 407 g/mol. The van der Waals surface area contributed by atoms with Gasteiger partial charge in [-0.3, -0.25) is 4.79 Å². The van der Waals surface area contributed by atoms with Gasteiger partial charge in [0.1, 0.15) is 11.6 Å². The van der Waals surface area contributed by atoms with Gasteiger partial charge in [-0.15, -0.1) is 0 Å². The van der Waals surface area contributed by atoms with Crippen LogP contribution >= 0.6 is 0 Å². The second-order valence-corrected chi connectivity index (χ2v) is 8.33. The minimum absolute atomic E-state index is 0.0665. The molecule has 3 rings (SSSR count). The summed E-state index contributed by atoms with van der Waals surface area (Å²) < 4.78 is 47.0. The Bertz CT molecular complexity index is 952. The van der Waals surface area contributed by atoms with E-state index in [1.54, 1.807) is 42.5 Å². The lowest BCUT2D eigenvalue weighted by molar-refractivity contribution is -0.116. The van der Waals surface area contributed by atoms with E-state index >= 15 is 0 Å². The van der Waals surface area contributed by atoms with E-state index in [1.807, 2.05) is 0 Å². The molecule has 1 saturated heterocycles. The number of hydrogen-bond donors (Lipinski definition) is 1. The van der Waals surface area contributed by atoms with E-state index in [4.69, 9.17) is 4.74 Å². The van der Waals surface area contributed by atoms with Crippen molar-refractivity contribution in [2.24, 2.45) is 0 Å². The molecule has 2 aromatic rings. The van der Waals surface area contributed by atoms with Crippen molar-refractivity contribution >= 4 is 21.8 Å². The largest absolute Gasteiger partial charge is 0.497 e. The smallest absolute Gasteiger partial charge is 0.282 e. The van der Waals surface area contributed by atoms with Crippen molar-refractivity contribution in [3.63, 3.8) is 0 Å². The SMILES string of the molecule is COc1cccc(NC(=O)CN2CCCN(Cc3ccccc3F)S2(=O)=O)c1. The van der Waals surface area contributed by atoms with Gasteiger partial charge in [-0.2, -0.15) is 17.0 Å². The van der Waals surface area contributed by atoms with Gasteiger partial charge in [0, 0.05) is 37.0 Å². The number of carbonyl (C=O) groups is 1. The summed E-state index contributed by atoms with van der Waals surface area (Å²) in [4.78, 5) is 12.4. The van der Waals surface area contributed by atoms with E-state index in [0.717, 1.165) is 4.31 Å². The quantitative estimate of drug-likeness (QED) is 0.797. The molecule has 0 atom stereocenters. The Kier molecular flexibility index (Phi) is 6.28. The lowest BCUT2D eigenvalue weighted by Gasteiger charge is -2.34. The Morgan fingerprint density at radius 2 is 1.89 bits per heavy atom. The molecule has 0 radical (unpaired) electrons. The van der Waals surface area contributed by atoms with Gasteiger partial charge in [-0.1, -0.05) is 24.3 Å². The van der Waals surface area contributed by atoms with Crippen LogP contribution in [0.2, 0.25) is 0 Å². The van der Waals surface area contributed by atoms with Crippen molar-refractivity contribution in [1.82, 2.24) is 8.61 Å². The van der Waals surface area contributed by atoms with Crippen LogP contribution < -0.4 is 10.1 Å². The first kappa shape index (κ1) is 20.2. The van der Waals surface area contributed by atoms with Crippen molar-refractivity contribution in [3.8, 4) is 5.75 Å². The molecule has 2 aromatic carbocycles. The molecule has 9 heteroatoms. The summed E-state index contributed by atoms with van der Waals surface area (Å²) in [5, 5.41) is 2.67. The summed E-state index contributed by atoms with van der Waals surface area (Å²) in [5.74, 6) is -0.324. The van der Waals surface area contributed by atoms with Crippen LogP contribution in [0.1, 0.15) is 12.0 Å². The van der Waals surface area contributed by atoms with Crippen LogP contribution in [-0.4, -0.2) is 49.7 Å². The van der Waals surface area contributed by atoms with E-state index in [9.17, 15) is 17.6 Å². The second-order valence-electron chi connectivity index (χ2n) is 6.40. The molecule has 1 fully saturated rings. The summed E-state index contributed by atoms with van der Waals surface area (Å²) in [6.07, 6.45) is 0.556. The van der Waals surface area contributed by atoms with Gasteiger partial charge in [0.2, 0.25) is 5.91 Å². The van der Waals surface area contributed by atoms with Crippen molar-refractivity contribution in [3.05, 3.63) is 59.9 Å². The van der Waals surface area contributed by atoms with Gasteiger partial charge in [0.15, 0.2) is 0 Å². The zero-order valence-corrected chi connectivity index (χ0v) is 16.3. The number of carbonyl (C=O) groups excluding carboxylic acids is 1. The molecule has 1 heterocycles. The molecule has 150 valence electrons. The van der Waals surface area contributed by atoms with E-state index in [-0.39, 0.29) is 26.2 Å². The van der Waals surface area contributed by atoms with Crippen LogP contribution in [0.3, 0.4) is 0 Å². The molecular formula is C19H22FN3O4S. The Morgan fingerprint density at radius 3 is 2.64 bits per heavy atom. The zero-order chi connectivity index (χ0) is 20.1. The molecule has 1 aliphatic heterocycles. The molecule has 1 N–H and O–H groups in total. The lowest BCUT2D eigenvalue weighted by Crippen LogP contribution is -2.51. The van der Waals surface area contributed by atoms with E-state index < -0.39 is 21.9 Å². The number of halogens is 1. The molecule has 1 amide bonds. The number of hydrogen-bond acceptors (Lipinski definition) is 4. The number of amides is 1. The van der Waals surface area contributed by atoms with E-state index in [2.05, 4.69) is 5.32 Å². The van der Waals surface area contributed by atoms with Crippen LogP contribution in [0.5, 0.6) is 5.75 Å². The number of benzene rings is 2. The van der Waals surface area contributed by atoms with Gasteiger partial charge in [-0.25, -0.2) is 4.39 Å². The normalized spacial score (nSPS) is 17.2. The van der Waals surface area contributed by atoms with Gasteiger partial charge in [-0.05, 0) is 24.6 Å². The highest BCUT2D eigenvalue weighted by molar-refractivity contribution is 7.86. The molecular weight excluding hydrogens is 385 g/mol. The summed E-state index contributed by atoms with van der Waals surface area (Å²) in [6, 6.07) is 12.9. The maximum atomic E-state index is 13.9. The van der Waals surface area contributed by atoms with Crippen LogP contribution in [-0.2, 0) is 21.5 Å². The van der Waals surface area contributed by atoms with Crippen LogP contribution in [0.15, 0.2) is 48.5 Å². The predicted molar refractivity (Wildman–Crippen MR) is 104 cm³/mol.